The van der Waals surface area contributed by atoms with Gasteiger partial charge in [0.05, 0.1) is 11.5 Å². The molecular weight excluding hydrogens is 340 g/mol. The molecule has 9 nitrogen and oxygen atoms in total. The van der Waals surface area contributed by atoms with Gasteiger partial charge in [-0.15, -0.1) is 0 Å². The van der Waals surface area contributed by atoms with Gasteiger partial charge in [0.15, 0.2) is 0 Å². The van der Waals surface area contributed by atoms with Gasteiger partial charge in [0, 0.05) is 57.0 Å². The number of anilines is 1. The zero-order valence-corrected chi connectivity index (χ0v) is 14.8. The van der Waals surface area contributed by atoms with Crippen molar-refractivity contribution in [3.8, 4) is 0 Å². The van der Waals surface area contributed by atoms with Gasteiger partial charge in [-0.25, -0.2) is 4.79 Å². The molecule has 1 N–H and O–H groups in total. The van der Waals surface area contributed by atoms with E-state index < -0.39 is 4.92 Å². The molecule has 1 aliphatic heterocycles. The summed E-state index contributed by atoms with van der Waals surface area (Å²) in [7, 11) is 0. The Labute approximate surface area is 152 Å². The minimum absolute atomic E-state index is 0.0488. The van der Waals surface area contributed by atoms with Gasteiger partial charge in [0.25, 0.3) is 5.69 Å². The summed E-state index contributed by atoms with van der Waals surface area (Å²) in [4.78, 5) is 37.4. The lowest BCUT2D eigenvalue weighted by molar-refractivity contribution is -0.384. The van der Waals surface area contributed by atoms with Gasteiger partial charge in [0.1, 0.15) is 0 Å². The number of carbonyl (C=O) groups excluding carboxylic acids is 2. The minimum atomic E-state index is -0.440. The number of nitro benzene ring substituents is 1. The summed E-state index contributed by atoms with van der Waals surface area (Å²) in [6.45, 7) is 4.74. The molecule has 1 aliphatic rings. The number of piperazine rings is 1. The Bertz CT molecular complexity index is 627. The zero-order chi connectivity index (χ0) is 18.9. The van der Waals surface area contributed by atoms with E-state index in [0.29, 0.717) is 52.2 Å². The summed E-state index contributed by atoms with van der Waals surface area (Å²) in [5, 5.41) is 13.7. The van der Waals surface area contributed by atoms with Crippen LogP contribution in [0.1, 0.15) is 19.8 Å². The van der Waals surface area contributed by atoms with Crippen LogP contribution in [0.2, 0.25) is 0 Å². The van der Waals surface area contributed by atoms with Crippen molar-refractivity contribution in [2.24, 2.45) is 0 Å². The van der Waals surface area contributed by atoms with Crippen LogP contribution in [0.3, 0.4) is 0 Å². The third-order valence-corrected chi connectivity index (χ3v) is 4.13. The number of ether oxygens (including phenoxy) is 1. The molecule has 1 aromatic carbocycles. The van der Waals surface area contributed by atoms with Crippen molar-refractivity contribution in [1.82, 2.24) is 9.80 Å². The van der Waals surface area contributed by atoms with Gasteiger partial charge in [-0.05, 0) is 25.5 Å². The highest BCUT2D eigenvalue weighted by molar-refractivity contribution is 5.76. The van der Waals surface area contributed by atoms with Crippen LogP contribution in [-0.2, 0) is 9.53 Å². The number of nitrogens with one attached hydrogen (secondary N) is 1. The maximum atomic E-state index is 12.2. The summed E-state index contributed by atoms with van der Waals surface area (Å²) in [6.07, 6.45) is 0.750. The molecule has 0 aromatic heterocycles. The molecule has 9 heteroatoms. The average Bonchev–Trinajstić information content (AvgIpc) is 2.65. The summed E-state index contributed by atoms with van der Waals surface area (Å²) >= 11 is 0. The largest absolute Gasteiger partial charge is 0.450 e. The molecule has 0 unspecified atom stereocenters. The normalized spacial score (nSPS) is 14.0. The zero-order valence-electron chi connectivity index (χ0n) is 14.8. The van der Waals surface area contributed by atoms with E-state index in [1.807, 2.05) is 0 Å². The molecule has 142 valence electrons. The maximum absolute atomic E-state index is 12.2. The molecule has 0 bridgehead atoms. The van der Waals surface area contributed by atoms with Crippen LogP contribution >= 0.6 is 0 Å². The van der Waals surface area contributed by atoms with Crippen LogP contribution in [0.15, 0.2) is 24.3 Å². The number of benzene rings is 1. The molecule has 26 heavy (non-hydrogen) atoms. The summed E-state index contributed by atoms with van der Waals surface area (Å²) in [6, 6.07) is 6.18. The van der Waals surface area contributed by atoms with Gasteiger partial charge in [-0.2, -0.15) is 0 Å². The number of nitrogens with zero attached hydrogens (tertiary/aromatic N) is 3. The fourth-order valence-corrected chi connectivity index (χ4v) is 2.68. The predicted octanol–water partition coefficient (Wildman–Crippen LogP) is 2.09. The number of carbonyl (C=O) groups is 2. The molecule has 0 aliphatic carbocycles. The molecule has 1 heterocycles. The minimum Gasteiger partial charge on any atom is -0.450 e. The Morgan fingerprint density at radius 2 is 1.77 bits per heavy atom. The highest BCUT2D eigenvalue weighted by atomic mass is 16.6. The number of hydrogen-bond acceptors (Lipinski definition) is 6. The van der Waals surface area contributed by atoms with Gasteiger partial charge in [-0.1, -0.05) is 0 Å². The van der Waals surface area contributed by atoms with Crippen LogP contribution in [-0.4, -0.2) is 66.1 Å². The standard InChI is InChI=1S/C17H24N4O5/c1-2-26-17(23)20-12-10-19(11-13-20)16(22)4-3-9-18-14-5-7-15(8-6-14)21(24)25/h5-8,18H,2-4,9-13H2,1H3. The predicted molar refractivity (Wildman–Crippen MR) is 96.0 cm³/mol. The topological polar surface area (TPSA) is 105 Å². The van der Waals surface area contributed by atoms with E-state index in [-0.39, 0.29) is 17.7 Å². The molecule has 0 atom stereocenters. The van der Waals surface area contributed by atoms with Crippen molar-refractivity contribution in [2.45, 2.75) is 19.8 Å². The van der Waals surface area contributed by atoms with E-state index in [1.165, 1.54) is 12.1 Å². The quantitative estimate of drug-likeness (QED) is 0.451. The van der Waals surface area contributed by atoms with E-state index in [0.717, 1.165) is 5.69 Å². The second-order valence-corrected chi connectivity index (χ2v) is 5.90. The van der Waals surface area contributed by atoms with Gasteiger partial charge in [0.2, 0.25) is 5.91 Å². The Morgan fingerprint density at radius 1 is 1.15 bits per heavy atom. The van der Waals surface area contributed by atoms with E-state index >= 15 is 0 Å². The summed E-state index contributed by atoms with van der Waals surface area (Å²) < 4.78 is 4.96. The number of rotatable bonds is 7. The van der Waals surface area contributed by atoms with E-state index in [4.69, 9.17) is 4.74 Å². The number of nitro groups is 1. The van der Waals surface area contributed by atoms with Crippen LogP contribution < -0.4 is 5.32 Å². The Morgan fingerprint density at radius 3 is 2.35 bits per heavy atom. The van der Waals surface area contributed by atoms with E-state index in [1.54, 1.807) is 28.9 Å². The number of non-ortho nitro benzene ring substituents is 1. The summed E-state index contributed by atoms with van der Waals surface area (Å²) in [5.74, 6) is 0.0685. The monoisotopic (exact) mass is 364 g/mol. The molecule has 2 amide bonds. The smallest absolute Gasteiger partial charge is 0.409 e. The molecule has 0 spiro atoms. The molecule has 1 fully saturated rings. The number of hydrogen-bond donors (Lipinski definition) is 1. The van der Waals surface area contributed by atoms with Crippen LogP contribution in [0.4, 0.5) is 16.2 Å². The molecule has 2 rings (SSSR count). The lowest BCUT2D eigenvalue weighted by atomic mass is 10.2. The lowest BCUT2D eigenvalue weighted by Gasteiger charge is -2.34. The summed E-state index contributed by atoms with van der Waals surface area (Å²) in [5.41, 5.74) is 0.832. The third kappa shape index (κ3) is 5.61. The molecule has 1 saturated heterocycles. The van der Waals surface area contributed by atoms with Gasteiger partial charge in [-0.3, -0.25) is 14.9 Å². The maximum Gasteiger partial charge on any atom is 0.409 e. The first-order valence-electron chi connectivity index (χ1n) is 8.69. The van der Waals surface area contributed by atoms with Crippen molar-refractivity contribution in [1.29, 1.82) is 0 Å². The first kappa shape index (κ1) is 19.5. The Balaban J connectivity index is 1.65. The molecular formula is C17H24N4O5. The Kier molecular flexibility index (Phi) is 7.19. The highest BCUT2D eigenvalue weighted by Crippen LogP contribution is 2.15. The lowest BCUT2D eigenvalue weighted by Crippen LogP contribution is -2.50. The number of amides is 2. The molecule has 1 aromatic rings. The second kappa shape index (κ2) is 9.59. The van der Waals surface area contributed by atoms with Crippen molar-refractivity contribution < 1.29 is 19.2 Å². The third-order valence-electron chi connectivity index (χ3n) is 4.13. The van der Waals surface area contributed by atoms with Crippen molar-refractivity contribution in [3.05, 3.63) is 34.4 Å². The first-order valence-corrected chi connectivity index (χ1v) is 8.69. The molecule has 0 radical (unpaired) electrons. The van der Waals surface area contributed by atoms with Crippen molar-refractivity contribution in [3.63, 3.8) is 0 Å². The van der Waals surface area contributed by atoms with Crippen LogP contribution in [0.25, 0.3) is 0 Å². The van der Waals surface area contributed by atoms with Crippen molar-refractivity contribution in [2.75, 3.05) is 44.6 Å². The second-order valence-electron chi connectivity index (χ2n) is 5.90. The Hall–Kier alpha value is -2.84. The highest BCUT2D eigenvalue weighted by Gasteiger charge is 2.24. The van der Waals surface area contributed by atoms with Crippen LogP contribution in [0, 0.1) is 10.1 Å². The van der Waals surface area contributed by atoms with Crippen LogP contribution in [0.5, 0.6) is 0 Å². The van der Waals surface area contributed by atoms with Gasteiger partial charge >= 0.3 is 6.09 Å². The van der Waals surface area contributed by atoms with E-state index in [2.05, 4.69) is 5.32 Å². The van der Waals surface area contributed by atoms with Crippen molar-refractivity contribution >= 4 is 23.4 Å². The first-order chi connectivity index (χ1) is 12.5. The average molecular weight is 364 g/mol. The fraction of sp³-hybridized carbons (Fsp3) is 0.529. The van der Waals surface area contributed by atoms with Gasteiger partial charge < -0.3 is 19.9 Å². The van der Waals surface area contributed by atoms with E-state index in [9.17, 15) is 19.7 Å². The fourth-order valence-electron chi connectivity index (χ4n) is 2.68. The molecule has 0 saturated carbocycles. The SMILES string of the molecule is CCOC(=O)N1CCN(C(=O)CCCNc2ccc([N+](=O)[O-])cc2)CC1.